The number of benzene rings is 2. The minimum Gasteiger partial charge on any atom is -0.352 e. The molecule has 0 radical (unpaired) electrons. The molecule has 2 saturated heterocycles. The van der Waals surface area contributed by atoms with Crippen molar-refractivity contribution in [2.24, 2.45) is 0 Å². The van der Waals surface area contributed by atoms with Gasteiger partial charge in [0.25, 0.3) is 5.91 Å². The number of rotatable bonds is 10. The van der Waals surface area contributed by atoms with Gasteiger partial charge in [-0.1, -0.05) is 61.2 Å². The second kappa shape index (κ2) is 14.6. The molecule has 2 aliphatic heterocycles. The molecule has 1 aliphatic carbocycles. The molecule has 1 saturated carbocycles. The highest BCUT2D eigenvalue weighted by Gasteiger charge is 2.54. The fourth-order valence-corrected chi connectivity index (χ4v) is 7.04. The van der Waals surface area contributed by atoms with Crippen LogP contribution < -0.4 is 15.5 Å². The summed E-state index contributed by atoms with van der Waals surface area (Å²) >= 11 is 6.08. The molecule has 0 aromatic heterocycles. The SMILES string of the molecule is CN(C)CC(=O)NC(Cc1ccc(Cl)cc1)C(=O)N1CCC2(CC1)C(=O)N(CC(=O)NC1CCCCC1)CN2c1ccccc1. The molecule has 2 aromatic rings. The lowest BCUT2D eigenvalue weighted by molar-refractivity contribution is -0.141. The number of hydrogen-bond acceptors (Lipinski definition) is 6. The van der Waals surface area contributed by atoms with E-state index in [0.717, 1.165) is 36.9 Å². The highest BCUT2D eigenvalue weighted by molar-refractivity contribution is 6.30. The van der Waals surface area contributed by atoms with Gasteiger partial charge in [0.1, 0.15) is 18.1 Å². The van der Waals surface area contributed by atoms with Gasteiger partial charge in [0.15, 0.2) is 0 Å². The Labute approximate surface area is 271 Å². The van der Waals surface area contributed by atoms with Crippen molar-refractivity contribution in [1.82, 2.24) is 25.3 Å². The van der Waals surface area contributed by atoms with Gasteiger partial charge in [-0.3, -0.25) is 19.2 Å². The van der Waals surface area contributed by atoms with E-state index in [2.05, 4.69) is 15.5 Å². The first-order valence-electron chi connectivity index (χ1n) is 16.0. The number of anilines is 1. The zero-order chi connectivity index (χ0) is 32.0. The Hall–Kier alpha value is -3.63. The maximum Gasteiger partial charge on any atom is 0.250 e. The molecule has 3 aliphatic rings. The van der Waals surface area contributed by atoms with Crippen molar-refractivity contribution in [2.75, 3.05) is 51.8 Å². The van der Waals surface area contributed by atoms with Gasteiger partial charge in [-0.05, 0) is 69.6 Å². The van der Waals surface area contributed by atoms with E-state index in [1.54, 1.807) is 40.9 Å². The van der Waals surface area contributed by atoms with E-state index in [1.165, 1.54) is 6.42 Å². The van der Waals surface area contributed by atoms with E-state index in [1.807, 2.05) is 42.5 Å². The van der Waals surface area contributed by atoms with Crippen LogP contribution >= 0.6 is 11.6 Å². The third-order valence-corrected chi connectivity index (χ3v) is 9.49. The van der Waals surface area contributed by atoms with Crippen molar-refractivity contribution >= 4 is 40.9 Å². The lowest BCUT2D eigenvalue weighted by Crippen LogP contribution is -2.60. The smallest absolute Gasteiger partial charge is 0.250 e. The summed E-state index contributed by atoms with van der Waals surface area (Å²) in [5.74, 6) is -0.600. The summed E-state index contributed by atoms with van der Waals surface area (Å²) in [7, 11) is 3.61. The van der Waals surface area contributed by atoms with Crippen LogP contribution in [0.3, 0.4) is 0 Å². The number of carbonyl (C=O) groups excluding carboxylic acids is 4. The summed E-state index contributed by atoms with van der Waals surface area (Å²) < 4.78 is 0. The number of piperidine rings is 1. The van der Waals surface area contributed by atoms with Crippen LogP contribution in [-0.4, -0.2) is 103 Å². The Morgan fingerprint density at radius 1 is 0.956 bits per heavy atom. The molecule has 1 atom stereocenters. The van der Waals surface area contributed by atoms with Crippen LogP contribution in [0, 0.1) is 0 Å². The van der Waals surface area contributed by atoms with Crippen LogP contribution in [0.25, 0.3) is 0 Å². The quantitative estimate of drug-likeness (QED) is 0.416. The summed E-state index contributed by atoms with van der Waals surface area (Å²) in [5, 5.41) is 6.69. The van der Waals surface area contributed by atoms with Gasteiger partial charge < -0.3 is 30.2 Å². The summed E-state index contributed by atoms with van der Waals surface area (Å²) in [6.07, 6.45) is 6.59. The Balaban J connectivity index is 1.30. The van der Waals surface area contributed by atoms with Gasteiger partial charge in [-0.2, -0.15) is 0 Å². The molecule has 2 aromatic carbocycles. The minimum atomic E-state index is -0.858. The number of halogens is 1. The largest absolute Gasteiger partial charge is 0.352 e. The summed E-state index contributed by atoms with van der Waals surface area (Å²) in [6, 6.07) is 16.5. The predicted molar refractivity (Wildman–Crippen MR) is 175 cm³/mol. The second-order valence-electron chi connectivity index (χ2n) is 12.9. The van der Waals surface area contributed by atoms with Crippen molar-refractivity contribution in [2.45, 2.75) is 69.0 Å². The number of nitrogens with zero attached hydrogens (tertiary/aromatic N) is 4. The van der Waals surface area contributed by atoms with Crippen LogP contribution in [0.2, 0.25) is 5.02 Å². The molecule has 4 amide bonds. The molecule has 45 heavy (non-hydrogen) atoms. The van der Waals surface area contributed by atoms with Gasteiger partial charge in [-0.25, -0.2) is 0 Å². The highest BCUT2D eigenvalue weighted by Crippen LogP contribution is 2.39. The number of para-hydroxylation sites is 1. The topological polar surface area (TPSA) is 105 Å². The highest BCUT2D eigenvalue weighted by atomic mass is 35.5. The second-order valence-corrected chi connectivity index (χ2v) is 13.3. The average molecular weight is 637 g/mol. The number of likely N-dealkylation sites (N-methyl/N-ethyl adjacent to an activating group) is 1. The van der Waals surface area contributed by atoms with E-state index in [9.17, 15) is 19.2 Å². The Bertz CT molecular complexity index is 1340. The maximum atomic E-state index is 14.1. The third kappa shape index (κ3) is 7.97. The first-order valence-corrected chi connectivity index (χ1v) is 16.4. The predicted octanol–water partition coefficient (Wildman–Crippen LogP) is 3.05. The first-order chi connectivity index (χ1) is 21.6. The molecule has 242 valence electrons. The van der Waals surface area contributed by atoms with E-state index < -0.39 is 11.6 Å². The average Bonchev–Trinajstić information content (AvgIpc) is 3.28. The molecule has 3 fully saturated rings. The summed E-state index contributed by atoms with van der Waals surface area (Å²) in [6.45, 7) is 1.21. The standard InChI is InChI=1S/C34H45ClN6O4/c1-38(2)22-30(42)37-29(21-25-13-15-26(35)16-14-25)32(44)39-19-17-34(18-20-39)33(45)40(24-41(34)28-11-7-4-8-12-28)23-31(43)36-27-9-5-3-6-10-27/h4,7-8,11-16,27,29H,3,5-6,9-10,17-24H2,1-2H3,(H,36,43)(H,37,42). The molecule has 1 spiro atoms. The van der Waals surface area contributed by atoms with Crippen LogP contribution in [0.15, 0.2) is 54.6 Å². The van der Waals surface area contributed by atoms with Gasteiger partial charge in [0.05, 0.1) is 13.2 Å². The molecular formula is C34H45ClN6O4. The van der Waals surface area contributed by atoms with Crippen LogP contribution in [-0.2, 0) is 25.6 Å². The zero-order valence-electron chi connectivity index (χ0n) is 26.3. The molecule has 1 unspecified atom stereocenters. The molecule has 10 nitrogen and oxygen atoms in total. The van der Waals surface area contributed by atoms with Gasteiger partial charge in [0, 0.05) is 36.3 Å². The van der Waals surface area contributed by atoms with Crippen LogP contribution in [0.5, 0.6) is 0 Å². The minimum absolute atomic E-state index is 0.0180. The fourth-order valence-electron chi connectivity index (χ4n) is 6.92. The van der Waals surface area contributed by atoms with Gasteiger partial charge >= 0.3 is 0 Å². The molecule has 2 heterocycles. The number of nitrogens with one attached hydrogen (secondary N) is 2. The molecule has 5 rings (SSSR count). The maximum absolute atomic E-state index is 14.1. The Morgan fingerprint density at radius 3 is 2.27 bits per heavy atom. The summed E-state index contributed by atoms with van der Waals surface area (Å²) in [5.41, 5.74) is 0.945. The van der Waals surface area contributed by atoms with Crippen molar-refractivity contribution < 1.29 is 19.2 Å². The van der Waals surface area contributed by atoms with E-state index in [0.29, 0.717) is 44.0 Å². The number of hydrogen-bond donors (Lipinski definition) is 2. The van der Waals surface area contributed by atoms with E-state index in [4.69, 9.17) is 11.6 Å². The van der Waals surface area contributed by atoms with E-state index >= 15 is 0 Å². The van der Waals surface area contributed by atoms with Crippen molar-refractivity contribution in [1.29, 1.82) is 0 Å². The third-order valence-electron chi connectivity index (χ3n) is 9.24. The number of likely N-dealkylation sites (tertiary alicyclic amines) is 1. The Morgan fingerprint density at radius 2 is 1.62 bits per heavy atom. The van der Waals surface area contributed by atoms with Gasteiger partial charge in [0.2, 0.25) is 17.7 Å². The number of amides is 4. The normalized spacial score (nSPS) is 19.2. The molecule has 11 heteroatoms. The zero-order valence-corrected chi connectivity index (χ0v) is 27.1. The number of carbonyl (C=O) groups is 4. The lowest BCUT2D eigenvalue weighted by Gasteiger charge is -2.44. The monoisotopic (exact) mass is 636 g/mol. The lowest BCUT2D eigenvalue weighted by atomic mass is 9.85. The van der Waals surface area contributed by atoms with Gasteiger partial charge in [-0.15, -0.1) is 0 Å². The molecular weight excluding hydrogens is 592 g/mol. The van der Waals surface area contributed by atoms with Crippen molar-refractivity contribution in [3.05, 3.63) is 65.2 Å². The van der Waals surface area contributed by atoms with Crippen LogP contribution in [0.4, 0.5) is 5.69 Å². The Kier molecular flexibility index (Phi) is 10.7. The van der Waals surface area contributed by atoms with Crippen molar-refractivity contribution in [3.63, 3.8) is 0 Å². The summed E-state index contributed by atoms with van der Waals surface area (Å²) in [4.78, 5) is 61.2. The first kappa shape index (κ1) is 32.8. The molecule has 2 N–H and O–H groups in total. The van der Waals surface area contributed by atoms with Crippen molar-refractivity contribution in [3.8, 4) is 0 Å². The molecule has 0 bridgehead atoms. The van der Waals surface area contributed by atoms with E-state index in [-0.39, 0.29) is 42.8 Å². The fraction of sp³-hybridized carbons (Fsp3) is 0.529. The van der Waals surface area contributed by atoms with Crippen LogP contribution in [0.1, 0.15) is 50.5 Å².